The molecule has 240 valence electrons. The fraction of sp³-hybridized carbons (Fsp3) is 0.382. The van der Waals surface area contributed by atoms with Gasteiger partial charge < -0.3 is 25.9 Å². The lowest BCUT2D eigenvalue weighted by Gasteiger charge is -2.34. The van der Waals surface area contributed by atoms with Gasteiger partial charge in [0.2, 0.25) is 11.8 Å². The summed E-state index contributed by atoms with van der Waals surface area (Å²) in [6.07, 6.45) is 4.27. The largest absolute Gasteiger partial charge is 0.494 e. The molecule has 0 aliphatic carbocycles. The number of rotatable bonds is 14. The number of benzene rings is 3. The van der Waals surface area contributed by atoms with Gasteiger partial charge in [-0.2, -0.15) is 0 Å². The summed E-state index contributed by atoms with van der Waals surface area (Å²) < 4.78 is 22.4. The molecule has 0 bridgehead atoms. The van der Waals surface area contributed by atoms with Crippen LogP contribution < -0.4 is 20.5 Å². The van der Waals surface area contributed by atoms with E-state index in [-0.39, 0.29) is 24.1 Å². The molecule has 1 aliphatic rings. The third-order valence-corrected chi connectivity index (χ3v) is 9.27. The van der Waals surface area contributed by atoms with Gasteiger partial charge in [-0.1, -0.05) is 47.6 Å². The average molecular weight is 634 g/mol. The summed E-state index contributed by atoms with van der Waals surface area (Å²) in [5.74, 6) is 1.14. The van der Waals surface area contributed by atoms with E-state index in [0.717, 1.165) is 48.1 Å². The zero-order chi connectivity index (χ0) is 32.2. The molecule has 2 atom stereocenters. The van der Waals surface area contributed by atoms with Crippen molar-refractivity contribution in [1.82, 2.24) is 14.9 Å². The maximum Gasteiger partial charge on any atom is 0.241 e. The second-order valence-corrected chi connectivity index (χ2v) is 12.4. The minimum Gasteiger partial charge on any atom is -0.494 e. The molecule has 10 nitrogen and oxygen atoms in total. The Bertz CT molecular complexity index is 1490. The molecule has 3 aromatic rings. The average Bonchev–Trinajstić information content (AvgIpc) is 3.08. The first-order valence-corrected chi connectivity index (χ1v) is 16.5. The number of oxime groups is 1. The van der Waals surface area contributed by atoms with Gasteiger partial charge in [0.15, 0.2) is 5.84 Å². The lowest BCUT2D eigenvalue weighted by atomic mass is 9.91. The molecule has 1 saturated heterocycles. The smallest absolute Gasteiger partial charge is 0.241 e. The first-order chi connectivity index (χ1) is 21.8. The van der Waals surface area contributed by atoms with Crippen LogP contribution in [0.3, 0.4) is 0 Å². The maximum atomic E-state index is 13.9. The molecule has 2 amide bonds. The molecule has 1 fully saturated rings. The van der Waals surface area contributed by atoms with E-state index in [9.17, 15) is 13.8 Å². The van der Waals surface area contributed by atoms with Crippen LogP contribution in [0.2, 0.25) is 0 Å². The number of hydrogen-bond acceptors (Lipinski definition) is 6. The van der Waals surface area contributed by atoms with E-state index in [0.29, 0.717) is 42.5 Å². The van der Waals surface area contributed by atoms with E-state index in [4.69, 9.17) is 15.7 Å². The topological polar surface area (TPSA) is 146 Å². The van der Waals surface area contributed by atoms with Crippen molar-refractivity contribution < 1.29 is 23.7 Å². The fourth-order valence-corrected chi connectivity index (χ4v) is 6.58. The molecule has 0 spiro atoms. The summed E-state index contributed by atoms with van der Waals surface area (Å²) >= 11 is 0. The lowest BCUT2D eigenvalue weighted by molar-refractivity contribution is -0.134. The van der Waals surface area contributed by atoms with Crippen LogP contribution in [0.15, 0.2) is 82.8 Å². The monoisotopic (exact) mass is 633 g/mol. The Balaban J connectivity index is 1.49. The van der Waals surface area contributed by atoms with Gasteiger partial charge in [-0.05, 0) is 92.0 Å². The zero-order valence-corrected chi connectivity index (χ0v) is 26.7. The maximum absolute atomic E-state index is 13.9. The molecular weight excluding hydrogens is 590 g/mol. The molecule has 0 aromatic heterocycles. The number of carbonyl (C=O) groups is 2. The number of amidine groups is 1. The first-order valence-electron chi connectivity index (χ1n) is 15.4. The van der Waals surface area contributed by atoms with E-state index in [1.54, 1.807) is 31.3 Å². The Kier molecular flexibility index (Phi) is 12.5. The summed E-state index contributed by atoms with van der Waals surface area (Å²) in [4.78, 5) is 27.9. The van der Waals surface area contributed by atoms with Crippen molar-refractivity contribution in [3.8, 4) is 16.9 Å². The number of nitrogens with zero attached hydrogens (tertiary/aromatic N) is 2. The van der Waals surface area contributed by atoms with Crippen LogP contribution >= 0.6 is 0 Å². The normalized spacial score (nSPS) is 15.3. The molecular formula is C34H43N5O5S. The van der Waals surface area contributed by atoms with Crippen LogP contribution in [-0.2, 0) is 27.0 Å². The van der Waals surface area contributed by atoms with Crippen molar-refractivity contribution in [2.75, 3.05) is 26.7 Å². The number of hydrogen-bond donors (Lipinski definition) is 4. The number of nitrogens with one attached hydrogen (secondary N) is 2. The Morgan fingerprint density at radius 3 is 2.49 bits per heavy atom. The van der Waals surface area contributed by atoms with Gasteiger partial charge in [0, 0.05) is 32.1 Å². The molecule has 3 aromatic carbocycles. The molecule has 0 radical (unpaired) electrons. The fourth-order valence-electron chi connectivity index (χ4n) is 5.57. The molecule has 5 N–H and O–H groups in total. The van der Waals surface area contributed by atoms with Crippen molar-refractivity contribution in [3.63, 3.8) is 0 Å². The summed E-state index contributed by atoms with van der Waals surface area (Å²) in [6.45, 7) is 3.73. The summed E-state index contributed by atoms with van der Waals surface area (Å²) in [5, 5.41) is 14.9. The number of nitrogens with two attached hydrogens (primary N) is 1. The zero-order valence-electron chi connectivity index (χ0n) is 25.9. The van der Waals surface area contributed by atoms with E-state index in [1.165, 1.54) is 0 Å². The van der Waals surface area contributed by atoms with Gasteiger partial charge in [-0.3, -0.25) is 9.59 Å². The standard InChI is InChI=1S/C34H43N5O5S/c1-3-44-29-15-13-26(14-16-29)27-9-6-11-30(23-27)45(43)38-31(22-25-8-4-10-28(21-25)33(35)37-42)34(41)39-19-17-24(18-20-39)7-5-12-32(40)36-2/h4,6,8-11,13-16,21,23-24,31,38,42H,3,5,7,12,17-20,22H2,1-2H3,(H2,35,37)(H,36,40)/t31-,45?/m0/s1. The van der Waals surface area contributed by atoms with Gasteiger partial charge in [-0.25, -0.2) is 8.93 Å². The van der Waals surface area contributed by atoms with Crippen molar-refractivity contribution in [3.05, 3.63) is 83.9 Å². The highest BCUT2D eigenvalue weighted by Crippen LogP contribution is 2.26. The number of ether oxygens (including phenoxy) is 1. The SMILES string of the molecule is CCOc1ccc(-c2cccc(S(=O)N[C@@H](Cc3cccc(/C(N)=N\O)c3)C(=O)N3CCC(CCCC(=O)NC)CC3)c2)cc1. The molecule has 1 aliphatic heterocycles. The molecule has 45 heavy (non-hydrogen) atoms. The Morgan fingerprint density at radius 2 is 1.80 bits per heavy atom. The van der Waals surface area contributed by atoms with Gasteiger partial charge in [0.25, 0.3) is 0 Å². The molecule has 4 rings (SSSR count). The lowest BCUT2D eigenvalue weighted by Crippen LogP contribution is -2.50. The predicted molar refractivity (Wildman–Crippen MR) is 176 cm³/mol. The first kappa shape index (κ1) is 33.7. The highest BCUT2D eigenvalue weighted by atomic mass is 32.2. The molecule has 0 saturated carbocycles. The number of likely N-dealkylation sites (tertiary alicyclic amines) is 1. The predicted octanol–water partition coefficient (Wildman–Crippen LogP) is 4.23. The van der Waals surface area contributed by atoms with E-state index < -0.39 is 17.0 Å². The number of carbonyl (C=O) groups excluding carboxylic acids is 2. The summed E-state index contributed by atoms with van der Waals surface area (Å²) in [6, 6.07) is 21.6. The molecule has 11 heteroatoms. The van der Waals surface area contributed by atoms with Gasteiger partial charge in [0.05, 0.1) is 11.5 Å². The quantitative estimate of drug-likeness (QED) is 0.0905. The second-order valence-electron chi connectivity index (χ2n) is 11.1. The van der Waals surface area contributed by atoms with Gasteiger partial charge >= 0.3 is 0 Å². The summed E-state index contributed by atoms with van der Waals surface area (Å²) in [5.41, 5.74) is 9.00. The Labute approximate surface area is 267 Å². The van der Waals surface area contributed by atoms with Crippen molar-refractivity contribution in [2.24, 2.45) is 16.8 Å². The third-order valence-electron chi connectivity index (χ3n) is 8.09. The van der Waals surface area contributed by atoms with Gasteiger partial charge in [-0.15, -0.1) is 0 Å². The minimum absolute atomic E-state index is 0.0270. The highest BCUT2D eigenvalue weighted by molar-refractivity contribution is 7.83. The van der Waals surface area contributed by atoms with Crippen molar-refractivity contribution in [2.45, 2.75) is 56.4 Å². The van der Waals surface area contributed by atoms with Crippen LogP contribution in [0.5, 0.6) is 5.75 Å². The van der Waals surface area contributed by atoms with E-state index >= 15 is 0 Å². The van der Waals surface area contributed by atoms with E-state index in [1.807, 2.05) is 60.4 Å². The number of amides is 2. The summed E-state index contributed by atoms with van der Waals surface area (Å²) in [7, 11) is -0.0379. The van der Waals surface area contributed by atoms with Crippen LogP contribution in [0.25, 0.3) is 11.1 Å². The van der Waals surface area contributed by atoms with Crippen LogP contribution in [-0.4, -0.2) is 64.8 Å². The Morgan fingerprint density at radius 1 is 1.07 bits per heavy atom. The van der Waals surface area contributed by atoms with Gasteiger partial charge in [0.1, 0.15) is 22.8 Å². The van der Waals surface area contributed by atoms with Crippen molar-refractivity contribution in [1.29, 1.82) is 0 Å². The van der Waals surface area contributed by atoms with Crippen LogP contribution in [0.4, 0.5) is 0 Å². The highest BCUT2D eigenvalue weighted by Gasteiger charge is 2.30. The van der Waals surface area contributed by atoms with Crippen molar-refractivity contribution >= 4 is 28.6 Å². The minimum atomic E-state index is -1.68. The second kappa shape index (κ2) is 16.7. The Hall–Kier alpha value is -4.22. The molecule has 1 heterocycles. The van der Waals surface area contributed by atoms with E-state index in [2.05, 4.69) is 15.2 Å². The van der Waals surface area contributed by atoms with Crippen LogP contribution in [0, 0.1) is 5.92 Å². The van der Waals surface area contributed by atoms with Crippen LogP contribution in [0.1, 0.15) is 50.2 Å². The third kappa shape index (κ3) is 9.63. The molecule has 1 unspecified atom stereocenters. The number of piperidine rings is 1.